The van der Waals surface area contributed by atoms with Crippen LogP contribution in [0.15, 0.2) is 17.5 Å². The zero-order chi connectivity index (χ0) is 8.60. The van der Waals surface area contributed by atoms with Crippen molar-refractivity contribution in [1.29, 1.82) is 0 Å². The second-order valence-electron chi connectivity index (χ2n) is 3.10. The van der Waals surface area contributed by atoms with Gasteiger partial charge in [-0.1, -0.05) is 12.0 Å². The van der Waals surface area contributed by atoms with E-state index in [0.717, 1.165) is 4.88 Å². The van der Waals surface area contributed by atoms with Gasteiger partial charge in [0.2, 0.25) is 0 Å². The highest BCUT2D eigenvalue weighted by Gasteiger charge is 2.44. The first-order valence-electron chi connectivity index (χ1n) is 3.80. The summed E-state index contributed by atoms with van der Waals surface area (Å²) in [5, 5.41) is 2.00. The Morgan fingerprint density at radius 2 is 2.33 bits per heavy atom. The number of thiophene rings is 1. The highest BCUT2D eigenvalue weighted by Crippen LogP contribution is 2.42. The molecule has 0 N–H and O–H groups in total. The molecule has 1 fully saturated rings. The monoisotopic (exact) mass is 176 g/mol. The fourth-order valence-corrected chi connectivity index (χ4v) is 2.41. The van der Waals surface area contributed by atoms with Crippen molar-refractivity contribution in [2.75, 3.05) is 0 Å². The Morgan fingerprint density at radius 1 is 1.58 bits per heavy atom. The molecule has 1 aliphatic rings. The maximum Gasteiger partial charge on any atom is 0.136 e. The van der Waals surface area contributed by atoms with Crippen LogP contribution in [-0.2, 0) is 10.2 Å². The molecule has 0 aromatic carbocycles. The summed E-state index contributed by atoms with van der Waals surface area (Å²) in [6.45, 7) is 0. The van der Waals surface area contributed by atoms with Gasteiger partial charge in [-0.25, -0.2) is 0 Å². The number of hydrogen-bond donors (Lipinski definition) is 0. The van der Waals surface area contributed by atoms with Gasteiger partial charge in [-0.05, 0) is 11.4 Å². The third-order valence-electron chi connectivity index (χ3n) is 2.27. The minimum Gasteiger partial charge on any atom is -0.300 e. The summed E-state index contributed by atoms with van der Waals surface area (Å²) >= 11 is 1.64. The highest BCUT2D eigenvalue weighted by atomic mass is 32.1. The third-order valence-corrected chi connectivity index (χ3v) is 3.34. The second kappa shape index (κ2) is 2.46. The van der Waals surface area contributed by atoms with E-state index in [1.807, 2.05) is 17.5 Å². The van der Waals surface area contributed by atoms with Crippen molar-refractivity contribution in [3.8, 4) is 12.3 Å². The van der Waals surface area contributed by atoms with E-state index in [0.29, 0.717) is 12.8 Å². The van der Waals surface area contributed by atoms with E-state index in [4.69, 9.17) is 6.42 Å². The van der Waals surface area contributed by atoms with Crippen LogP contribution in [0.2, 0.25) is 0 Å². The van der Waals surface area contributed by atoms with Crippen LogP contribution in [0, 0.1) is 12.3 Å². The number of rotatable bonds is 1. The minimum absolute atomic E-state index is 0.245. The first-order valence-corrected chi connectivity index (χ1v) is 4.68. The molecule has 2 rings (SSSR count). The lowest BCUT2D eigenvalue weighted by Gasteiger charge is -2.34. The van der Waals surface area contributed by atoms with Gasteiger partial charge in [-0.3, -0.25) is 4.79 Å². The lowest BCUT2D eigenvalue weighted by Crippen LogP contribution is -2.39. The molecule has 0 radical (unpaired) electrons. The SMILES string of the molecule is C#CC1(c2cccs2)CC(=O)C1. The number of ketones is 1. The van der Waals surface area contributed by atoms with Gasteiger partial charge < -0.3 is 0 Å². The number of carbonyl (C=O) groups is 1. The molecule has 0 amide bonds. The molecule has 0 saturated heterocycles. The minimum atomic E-state index is -0.245. The molecular formula is C10H8OS. The fourth-order valence-electron chi connectivity index (χ4n) is 1.52. The van der Waals surface area contributed by atoms with E-state index in [1.165, 1.54) is 0 Å². The van der Waals surface area contributed by atoms with Gasteiger partial charge in [0.05, 0.1) is 5.41 Å². The van der Waals surface area contributed by atoms with Crippen LogP contribution in [-0.4, -0.2) is 5.78 Å². The molecule has 1 aromatic heterocycles. The lowest BCUT2D eigenvalue weighted by atomic mass is 9.67. The van der Waals surface area contributed by atoms with Gasteiger partial charge in [-0.15, -0.1) is 17.8 Å². The Morgan fingerprint density at radius 3 is 2.75 bits per heavy atom. The molecule has 60 valence electrons. The Kier molecular flexibility index (Phi) is 1.55. The van der Waals surface area contributed by atoms with Crippen LogP contribution in [0.25, 0.3) is 0 Å². The van der Waals surface area contributed by atoms with Gasteiger partial charge in [0, 0.05) is 17.7 Å². The summed E-state index contributed by atoms with van der Waals surface area (Å²) in [7, 11) is 0. The molecule has 1 nitrogen and oxygen atoms in total. The predicted molar refractivity (Wildman–Crippen MR) is 49.1 cm³/mol. The normalized spacial score (nSPS) is 19.8. The molecule has 0 spiro atoms. The molecule has 1 aromatic rings. The van der Waals surface area contributed by atoms with E-state index >= 15 is 0 Å². The first kappa shape index (κ1) is 7.57. The molecule has 0 atom stereocenters. The summed E-state index contributed by atoms with van der Waals surface area (Å²) in [4.78, 5) is 12.0. The summed E-state index contributed by atoms with van der Waals surface area (Å²) in [5.74, 6) is 3.02. The van der Waals surface area contributed by atoms with Crippen molar-refractivity contribution in [3.05, 3.63) is 22.4 Å². The average Bonchev–Trinajstić information content (AvgIpc) is 2.50. The quantitative estimate of drug-likeness (QED) is 0.598. The molecule has 0 aliphatic heterocycles. The van der Waals surface area contributed by atoms with E-state index < -0.39 is 0 Å². The maximum absolute atomic E-state index is 10.9. The number of terminal acetylenes is 1. The van der Waals surface area contributed by atoms with E-state index in [1.54, 1.807) is 11.3 Å². The first-order chi connectivity index (χ1) is 5.77. The molecule has 1 saturated carbocycles. The zero-order valence-electron chi connectivity index (χ0n) is 6.54. The van der Waals surface area contributed by atoms with Crippen LogP contribution in [0.1, 0.15) is 17.7 Å². The molecule has 1 heterocycles. The number of hydrogen-bond acceptors (Lipinski definition) is 2. The predicted octanol–water partition coefficient (Wildman–Crippen LogP) is 1.98. The summed E-state index contributed by atoms with van der Waals surface area (Å²) < 4.78 is 0. The Balaban J connectivity index is 2.34. The Bertz CT molecular complexity index is 334. The Hall–Kier alpha value is -1.07. The molecule has 1 aliphatic carbocycles. The van der Waals surface area contributed by atoms with Crippen molar-refractivity contribution in [1.82, 2.24) is 0 Å². The fraction of sp³-hybridized carbons (Fsp3) is 0.300. The van der Waals surface area contributed by atoms with E-state index in [-0.39, 0.29) is 11.2 Å². The van der Waals surface area contributed by atoms with Gasteiger partial charge in [0.25, 0.3) is 0 Å². The van der Waals surface area contributed by atoms with Crippen molar-refractivity contribution < 1.29 is 4.79 Å². The lowest BCUT2D eigenvalue weighted by molar-refractivity contribution is -0.126. The van der Waals surface area contributed by atoms with Gasteiger partial charge >= 0.3 is 0 Å². The van der Waals surface area contributed by atoms with Gasteiger partial charge in [-0.2, -0.15) is 0 Å². The highest BCUT2D eigenvalue weighted by molar-refractivity contribution is 7.10. The van der Waals surface area contributed by atoms with E-state index in [2.05, 4.69) is 5.92 Å². The molecule has 0 bridgehead atoms. The number of carbonyl (C=O) groups excluding carboxylic acids is 1. The van der Waals surface area contributed by atoms with Crippen molar-refractivity contribution in [2.45, 2.75) is 18.3 Å². The average molecular weight is 176 g/mol. The van der Waals surface area contributed by atoms with Gasteiger partial charge in [0.1, 0.15) is 5.78 Å². The molecule has 2 heteroatoms. The van der Waals surface area contributed by atoms with Crippen LogP contribution >= 0.6 is 11.3 Å². The molecular weight excluding hydrogens is 168 g/mol. The largest absolute Gasteiger partial charge is 0.300 e. The van der Waals surface area contributed by atoms with Crippen LogP contribution in [0.5, 0.6) is 0 Å². The topological polar surface area (TPSA) is 17.1 Å². The second-order valence-corrected chi connectivity index (χ2v) is 4.04. The summed E-state index contributed by atoms with van der Waals surface area (Å²) in [6.07, 6.45) is 6.49. The summed E-state index contributed by atoms with van der Waals surface area (Å²) in [6, 6.07) is 3.98. The molecule has 12 heavy (non-hydrogen) atoms. The van der Waals surface area contributed by atoms with Crippen molar-refractivity contribution in [2.24, 2.45) is 0 Å². The number of Topliss-reactive ketones (excluding diaryl/α,β-unsaturated/α-hetero) is 1. The van der Waals surface area contributed by atoms with Gasteiger partial charge in [0.15, 0.2) is 0 Å². The van der Waals surface area contributed by atoms with Crippen molar-refractivity contribution in [3.63, 3.8) is 0 Å². The third kappa shape index (κ3) is 0.904. The smallest absolute Gasteiger partial charge is 0.136 e. The maximum atomic E-state index is 10.9. The molecule has 0 unspecified atom stereocenters. The van der Waals surface area contributed by atoms with Crippen molar-refractivity contribution >= 4 is 17.1 Å². The van der Waals surface area contributed by atoms with Crippen LogP contribution in [0.4, 0.5) is 0 Å². The standard InChI is InChI=1S/C10H8OS/c1-2-10(6-8(11)7-10)9-4-3-5-12-9/h1,3-5H,6-7H2. The van der Waals surface area contributed by atoms with Crippen LogP contribution in [0.3, 0.4) is 0 Å². The zero-order valence-corrected chi connectivity index (χ0v) is 7.36. The Labute approximate surface area is 75.4 Å². The summed E-state index contributed by atoms with van der Waals surface area (Å²) in [5.41, 5.74) is -0.245. The van der Waals surface area contributed by atoms with E-state index in [9.17, 15) is 4.79 Å². The van der Waals surface area contributed by atoms with Crippen LogP contribution < -0.4 is 0 Å².